The van der Waals surface area contributed by atoms with E-state index in [0.717, 1.165) is 37.0 Å². The summed E-state index contributed by atoms with van der Waals surface area (Å²) in [6.45, 7) is 0. The summed E-state index contributed by atoms with van der Waals surface area (Å²) in [6.07, 6.45) is 0. The third-order valence-corrected chi connectivity index (χ3v) is 7.84. The summed E-state index contributed by atoms with van der Waals surface area (Å²) in [4.78, 5) is 0. The molecule has 0 spiro atoms. The van der Waals surface area contributed by atoms with Gasteiger partial charge in [-0.05, 0) is 0 Å². The molecule has 0 aromatic rings. The van der Waals surface area contributed by atoms with Gasteiger partial charge in [0.05, 0.1) is 0 Å². The van der Waals surface area contributed by atoms with Gasteiger partial charge in [0.15, 0.2) is 0 Å². The molecule has 0 aromatic heterocycles. The molecule has 0 N–H and O–H groups in total. The molecule has 1 heterocycles. The Morgan fingerprint density at radius 1 is 1.20 bits per heavy atom. The van der Waals surface area contributed by atoms with Crippen molar-refractivity contribution in [3.05, 3.63) is 0 Å². The molecule has 0 radical (unpaired) electrons. The summed E-state index contributed by atoms with van der Waals surface area (Å²) < 4.78 is 0. The third kappa shape index (κ3) is 2.90. The number of thioether (sulfide) groups is 1. The molecular formula is C6H12S3Se. The Balaban J connectivity index is 2.25. The minimum absolute atomic E-state index is 0.828. The van der Waals surface area contributed by atoms with E-state index < -0.39 is 0 Å². The summed E-state index contributed by atoms with van der Waals surface area (Å²) >= 11 is 11.6. The van der Waals surface area contributed by atoms with Gasteiger partial charge in [0.25, 0.3) is 0 Å². The van der Waals surface area contributed by atoms with E-state index in [-0.39, 0.29) is 0 Å². The van der Waals surface area contributed by atoms with Crippen molar-refractivity contribution in [2.24, 2.45) is 0 Å². The zero-order valence-corrected chi connectivity index (χ0v) is 10.0. The topological polar surface area (TPSA) is 0 Å². The standard InChI is InChI=1S/C6H12S3Se/c7-1-5-3-10-4-6(2-8)9-5/h5-8H,1-4H2. The van der Waals surface area contributed by atoms with Crippen LogP contribution in [0.5, 0.6) is 0 Å². The molecule has 2 unspecified atom stereocenters. The first-order valence-corrected chi connectivity index (χ1v) is 7.94. The van der Waals surface area contributed by atoms with Gasteiger partial charge in [-0.25, -0.2) is 0 Å². The first kappa shape index (κ1) is 9.66. The van der Waals surface area contributed by atoms with Gasteiger partial charge < -0.3 is 0 Å². The quantitative estimate of drug-likeness (QED) is 0.564. The average Bonchev–Trinajstić information content (AvgIpc) is 2.05. The van der Waals surface area contributed by atoms with Crippen LogP contribution >= 0.6 is 37.0 Å². The Labute approximate surface area is 84.3 Å². The second-order valence-corrected chi connectivity index (χ2v) is 6.87. The Morgan fingerprint density at radius 2 is 1.70 bits per heavy atom. The minimum atomic E-state index is 0.828. The maximum atomic E-state index is 4.31. The van der Waals surface area contributed by atoms with E-state index in [1.165, 1.54) is 10.6 Å². The van der Waals surface area contributed by atoms with Crippen molar-refractivity contribution in [3.63, 3.8) is 0 Å². The summed E-state index contributed by atoms with van der Waals surface area (Å²) in [6, 6.07) is 0. The summed E-state index contributed by atoms with van der Waals surface area (Å²) in [5.41, 5.74) is 0. The molecule has 0 aromatic carbocycles. The van der Waals surface area contributed by atoms with Crippen LogP contribution in [0, 0.1) is 0 Å². The molecule has 1 aliphatic rings. The van der Waals surface area contributed by atoms with E-state index in [1.807, 2.05) is 0 Å². The molecule has 10 heavy (non-hydrogen) atoms. The average molecular weight is 259 g/mol. The second-order valence-electron chi connectivity index (χ2n) is 2.28. The van der Waals surface area contributed by atoms with E-state index in [9.17, 15) is 0 Å². The molecule has 60 valence electrons. The first-order chi connectivity index (χ1) is 4.86. The van der Waals surface area contributed by atoms with Crippen LogP contribution in [-0.2, 0) is 0 Å². The van der Waals surface area contributed by atoms with Crippen LogP contribution in [-0.4, -0.2) is 37.0 Å². The van der Waals surface area contributed by atoms with E-state index >= 15 is 0 Å². The fourth-order valence-corrected chi connectivity index (χ4v) is 7.18. The van der Waals surface area contributed by atoms with Crippen molar-refractivity contribution in [2.45, 2.75) is 21.1 Å². The van der Waals surface area contributed by atoms with Crippen LogP contribution in [0.25, 0.3) is 0 Å². The Hall–Kier alpha value is 1.57. The van der Waals surface area contributed by atoms with Crippen LogP contribution in [0.15, 0.2) is 0 Å². The number of rotatable bonds is 2. The Kier molecular flexibility index (Phi) is 5.08. The van der Waals surface area contributed by atoms with E-state index in [4.69, 9.17) is 0 Å². The summed E-state index contributed by atoms with van der Waals surface area (Å²) in [7, 11) is 0. The maximum absolute atomic E-state index is 4.31. The van der Waals surface area contributed by atoms with Gasteiger partial charge >= 0.3 is 84.6 Å². The zero-order chi connectivity index (χ0) is 7.40. The van der Waals surface area contributed by atoms with Crippen molar-refractivity contribution in [3.8, 4) is 0 Å². The first-order valence-electron chi connectivity index (χ1n) is 3.31. The molecule has 0 amide bonds. The molecule has 0 bridgehead atoms. The summed E-state index contributed by atoms with van der Waals surface area (Å²) in [5, 5.41) is 4.50. The van der Waals surface area contributed by atoms with Crippen LogP contribution in [0.4, 0.5) is 0 Å². The van der Waals surface area contributed by atoms with E-state index in [2.05, 4.69) is 37.0 Å². The monoisotopic (exact) mass is 260 g/mol. The molecule has 0 nitrogen and oxygen atoms in total. The fraction of sp³-hybridized carbons (Fsp3) is 1.00. The van der Waals surface area contributed by atoms with E-state index in [1.54, 1.807) is 0 Å². The van der Waals surface area contributed by atoms with Gasteiger partial charge in [-0.1, -0.05) is 0 Å². The summed E-state index contributed by atoms with van der Waals surface area (Å²) in [5.74, 6) is 2.10. The molecule has 1 rings (SSSR count). The Bertz CT molecular complexity index is 89.0. The van der Waals surface area contributed by atoms with Gasteiger partial charge in [-0.3, -0.25) is 0 Å². The predicted octanol–water partition coefficient (Wildman–Crippen LogP) is 1.87. The number of thiol groups is 2. The van der Waals surface area contributed by atoms with Crippen LogP contribution in [0.1, 0.15) is 0 Å². The van der Waals surface area contributed by atoms with Gasteiger partial charge in [-0.15, -0.1) is 0 Å². The van der Waals surface area contributed by atoms with Gasteiger partial charge in [0.2, 0.25) is 0 Å². The Morgan fingerprint density at radius 3 is 2.10 bits per heavy atom. The van der Waals surface area contributed by atoms with Gasteiger partial charge in [0.1, 0.15) is 0 Å². The molecular weight excluding hydrogens is 247 g/mol. The molecule has 1 fully saturated rings. The zero-order valence-electron chi connectivity index (χ0n) is 5.69. The number of hydrogen-bond acceptors (Lipinski definition) is 3. The van der Waals surface area contributed by atoms with Gasteiger partial charge in [-0.2, -0.15) is 0 Å². The third-order valence-electron chi connectivity index (χ3n) is 1.40. The predicted molar refractivity (Wildman–Crippen MR) is 58.2 cm³/mol. The fourth-order valence-electron chi connectivity index (χ4n) is 0.873. The van der Waals surface area contributed by atoms with Crippen molar-refractivity contribution in [1.82, 2.24) is 0 Å². The molecule has 4 heteroatoms. The van der Waals surface area contributed by atoms with Crippen molar-refractivity contribution in [1.29, 1.82) is 0 Å². The number of hydrogen-bond donors (Lipinski definition) is 2. The van der Waals surface area contributed by atoms with Crippen molar-refractivity contribution in [2.75, 3.05) is 11.5 Å². The van der Waals surface area contributed by atoms with Crippen LogP contribution < -0.4 is 0 Å². The molecule has 1 saturated heterocycles. The van der Waals surface area contributed by atoms with Gasteiger partial charge in [0, 0.05) is 0 Å². The van der Waals surface area contributed by atoms with Crippen molar-refractivity contribution < 1.29 is 0 Å². The molecule has 0 aliphatic carbocycles. The second kappa shape index (κ2) is 5.26. The molecule has 2 atom stereocenters. The molecule has 1 aliphatic heterocycles. The SMILES string of the molecule is SCC1C[Se]CC(CS)S1. The van der Waals surface area contributed by atoms with Crippen LogP contribution in [0.2, 0.25) is 10.6 Å². The molecule has 0 saturated carbocycles. The normalized spacial score (nSPS) is 34.2. The van der Waals surface area contributed by atoms with Crippen LogP contribution in [0.3, 0.4) is 0 Å². The van der Waals surface area contributed by atoms with E-state index in [0.29, 0.717) is 0 Å². The van der Waals surface area contributed by atoms with Crippen molar-refractivity contribution >= 4 is 52.0 Å².